The smallest absolute Gasteiger partial charge is 0.148 e. The lowest BCUT2D eigenvalue weighted by Gasteiger charge is -2.29. The van der Waals surface area contributed by atoms with Crippen LogP contribution in [-0.4, -0.2) is 50.8 Å². The molecule has 0 aliphatic carbocycles. The number of pyridine rings is 1. The van der Waals surface area contributed by atoms with Crippen LogP contribution in [0.3, 0.4) is 0 Å². The Hall–Kier alpha value is -0.980. The molecule has 8 heteroatoms. The van der Waals surface area contributed by atoms with Crippen molar-refractivity contribution in [2.24, 2.45) is 11.7 Å². The minimum atomic E-state index is 0. The number of halogens is 3. The van der Waals surface area contributed by atoms with E-state index in [9.17, 15) is 0 Å². The molecule has 2 aliphatic rings. The number of rotatable bonds is 3. The summed E-state index contributed by atoms with van der Waals surface area (Å²) >= 11 is 6.54. The van der Waals surface area contributed by atoms with Gasteiger partial charge in [-0.2, -0.15) is 0 Å². The number of nitrogens with zero attached hydrogens (tertiary/aromatic N) is 3. The van der Waals surface area contributed by atoms with Crippen molar-refractivity contribution in [2.75, 3.05) is 55.6 Å². The maximum Gasteiger partial charge on any atom is 0.148 e. The van der Waals surface area contributed by atoms with Crippen molar-refractivity contribution in [3.8, 4) is 0 Å². The van der Waals surface area contributed by atoms with Crippen LogP contribution in [0.1, 0.15) is 6.42 Å². The Kier molecular flexibility index (Phi) is 7.62. The van der Waals surface area contributed by atoms with Gasteiger partial charge >= 0.3 is 0 Å². The van der Waals surface area contributed by atoms with Gasteiger partial charge in [-0.15, -0.1) is 24.8 Å². The Balaban J connectivity index is 0.00000121. The zero-order valence-corrected chi connectivity index (χ0v) is 17.0. The molecule has 0 spiro atoms. The second kappa shape index (κ2) is 9.29. The normalized spacial score (nSPS) is 20.0. The first-order chi connectivity index (χ1) is 11.7. The average Bonchev–Trinajstić information content (AvgIpc) is 3.10. The van der Waals surface area contributed by atoms with Crippen LogP contribution in [0.25, 0.3) is 10.9 Å². The first kappa shape index (κ1) is 21.3. The Bertz CT molecular complexity index is 736. The summed E-state index contributed by atoms with van der Waals surface area (Å²) < 4.78 is 0. The fourth-order valence-electron chi connectivity index (χ4n) is 3.68. The number of aromatic nitrogens is 1. The number of benzene rings is 1. The molecule has 2 aliphatic heterocycles. The molecule has 1 aromatic carbocycles. The van der Waals surface area contributed by atoms with E-state index in [4.69, 9.17) is 22.3 Å². The number of hydrogen-bond donors (Lipinski definition) is 2. The van der Waals surface area contributed by atoms with Crippen LogP contribution in [-0.2, 0) is 0 Å². The zero-order chi connectivity index (χ0) is 16.5. The summed E-state index contributed by atoms with van der Waals surface area (Å²) in [5, 5.41) is 5.20. The van der Waals surface area contributed by atoms with Crippen LogP contribution in [0, 0.1) is 5.92 Å². The molecule has 1 aromatic heterocycles. The van der Waals surface area contributed by atoms with Crippen LogP contribution in [0.2, 0.25) is 5.02 Å². The van der Waals surface area contributed by atoms with Crippen molar-refractivity contribution in [1.82, 2.24) is 10.3 Å². The fraction of sp³-hybridized carbons (Fsp3) is 0.500. The topological polar surface area (TPSA) is 57.4 Å². The summed E-state index contributed by atoms with van der Waals surface area (Å²) in [4.78, 5) is 9.50. The number of piperazine rings is 1. The Labute approximate surface area is 172 Å². The van der Waals surface area contributed by atoms with E-state index in [0.717, 1.165) is 67.6 Å². The molecule has 5 nitrogen and oxygen atoms in total. The Morgan fingerprint density at radius 1 is 1.12 bits per heavy atom. The van der Waals surface area contributed by atoms with Crippen LogP contribution in [0.15, 0.2) is 24.3 Å². The van der Waals surface area contributed by atoms with Crippen molar-refractivity contribution in [1.29, 1.82) is 0 Å². The fourth-order valence-corrected chi connectivity index (χ4v) is 3.96. The highest BCUT2D eigenvalue weighted by atomic mass is 35.5. The third kappa shape index (κ3) is 4.29. The second-order valence-electron chi connectivity index (χ2n) is 6.74. The summed E-state index contributed by atoms with van der Waals surface area (Å²) in [6.45, 7) is 6.74. The highest BCUT2D eigenvalue weighted by molar-refractivity contribution is 6.33. The van der Waals surface area contributed by atoms with E-state index in [-0.39, 0.29) is 24.8 Å². The highest BCUT2D eigenvalue weighted by Gasteiger charge is 2.22. The van der Waals surface area contributed by atoms with Crippen molar-refractivity contribution in [3.05, 3.63) is 29.3 Å². The molecule has 2 aromatic rings. The number of hydrogen-bond acceptors (Lipinski definition) is 5. The van der Waals surface area contributed by atoms with E-state index in [1.165, 1.54) is 12.1 Å². The van der Waals surface area contributed by atoms with Crippen molar-refractivity contribution in [3.63, 3.8) is 0 Å². The van der Waals surface area contributed by atoms with Gasteiger partial charge < -0.3 is 20.9 Å². The van der Waals surface area contributed by atoms with E-state index >= 15 is 0 Å². The van der Waals surface area contributed by atoms with Gasteiger partial charge in [0.05, 0.1) is 10.5 Å². The third-order valence-electron chi connectivity index (χ3n) is 5.13. The first-order valence-corrected chi connectivity index (χ1v) is 9.13. The van der Waals surface area contributed by atoms with Crippen molar-refractivity contribution >= 4 is 58.8 Å². The number of nitrogens with one attached hydrogen (secondary N) is 1. The molecule has 3 heterocycles. The second-order valence-corrected chi connectivity index (χ2v) is 7.15. The summed E-state index contributed by atoms with van der Waals surface area (Å²) in [5.41, 5.74) is 8.06. The van der Waals surface area contributed by atoms with E-state index in [0.29, 0.717) is 5.92 Å². The Morgan fingerprint density at radius 3 is 2.58 bits per heavy atom. The molecule has 0 saturated carbocycles. The highest BCUT2D eigenvalue weighted by Crippen LogP contribution is 2.31. The molecule has 0 amide bonds. The third-order valence-corrected chi connectivity index (χ3v) is 5.41. The molecule has 3 N–H and O–H groups in total. The van der Waals surface area contributed by atoms with Gasteiger partial charge in [0.15, 0.2) is 0 Å². The SMILES string of the molecule is Cl.Cl.NCC1CCN(c2ccc3nc(N4CCNCC4)c(Cl)cc3c2)C1. The minimum absolute atomic E-state index is 0. The maximum absolute atomic E-state index is 6.54. The number of nitrogens with two attached hydrogens (primary N) is 1. The molecule has 144 valence electrons. The number of anilines is 2. The predicted octanol–water partition coefficient (Wildman–Crippen LogP) is 2.93. The summed E-state index contributed by atoms with van der Waals surface area (Å²) in [6, 6.07) is 8.54. The van der Waals surface area contributed by atoms with Gasteiger partial charge in [-0.3, -0.25) is 0 Å². The first-order valence-electron chi connectivity index (χ1n) is 8.75. The van der Waals surface area contributed by atoms with Crippen LogP contribution in [0.5, 0.6) is 0 Å². The molecule has 0 radical (unpaired) electrons. The zero-order valence-electron chi connectivity index (χ0n) is 14.7. The van der Waals surface area contributed by atoms with E-state index in [2.05, 4.69) is 39.4 Å². The molecule has 1 unspecified atom stereocenters. The number of fused-ring (bicyclic) bond motifs is 1. The lowest BCUT2D eigenvalue weighted by molar-refractivity contribution is 0.585. The van der Waals surface area contributed by atoms with Gasteiger partial charge in [-0.25, -0.2) is 4.98 Å². The van der Waals surface area contributed by atoms with Crippen molar-refractivity contribution < 1.29 is 0 Å². The van der Waals surface area contributed by atoms with Gasteiger partial charge in [0.1, 0.15) is 5.82 Å². The molecule has 2 fully saturated rings. The lowest BCUT2D eigenvalue weighted by Crippen LogP contribution is -2.44. The molecular formula is C18H26Cl3N5. The molecule has 26 heavy (non-hydrogen) atoms. The van der Waals surface area contributed by atoms with E-state index in [1.54, 1.807) is 0 Å². The molecule has 1 atom stereocenters. The molecular weight excluding hydrogens is 393 g/mol. The summed E-state index contributed by atoms with van der Waals surface area (Å²) in [5.74, 6) is 1.51. The van der Waals surface area contributed by atoms with E-state index in [1.807, 2.05) is 0 Å². The molecule has 0 bridgehead atoms. The molecule has 4 rings (SSSR count). The Morgan fingerprint density at radius 2 is 1.88 bits per heavy atom. The monoisotopic (exact) mass is 417 g/mol. The van der Waals surface area contributed by atoms with Crippen LogP contribution in [0.4, 0.5) is 11.5 Å². The maximum atomic E-state index is 6.54. The quantitative estimate of drug-likeness (QED) is 0.802. The average molecular weight is 419 g/mol. The lowest BCUT2D eigenvalue weighted by atomic mass is 10.1. The van der Waals surface area contributed by atoms with Gasteiger partial charge in [-0.05, 0) is 43.1 Å². The minimum Gasteiger partial charge on any atom is -0.371 e. The van der Waals surface area contributed by atoms with Crippen molar-refractivity contribution in [2.45, 2.75) is 6.42 Å². The summed E-state index contributed by atoms with van der Waals surface area (Å²) in [6.07, 6.45) is 1.18. The van der Waals surface area contributed by atoms with Crippen LogP contribution >= 0.6 is 36.4 Å². The van der Waals surface area contributed by atoms with Gasteiger partial charge in [-0.1, -0.05) is 11.6 Å². The molecule has 2 saturated heterocycles. The standard InChI is InChI=1S/C18H24ClN5.2ClH/c19-16-10-14-9-15(24-6-3-13(11-20)12-24)1-2-17(14)22-18(16)23-7-4-21-5-8-23;;/h1-2,9-10,13,21H,3-8,11-12,20H2;2*1H. The largest absolute Gasteiger partial charge is 0.371 e. The van der Waals surface area contributed by atoms with Gasteiger partial charge in [0, 0.05) is 50.3 Å². The predicted molar refractivity (Wildman–Crippen MR) is 116 cm³/mol. The van der Waals surface area contributed by atoms with Gasteiger partial charge in [0.25, 0.3) is 0 Å². The van der Waals surface area contributed by atoms with Gasteiger partial charge in [0.2, 0.25) is 0 Å². The van der Waals surface area contributed by atoms with Crippen LogP contribution < -0.4 is 20.9 Å². The summed E-state index contributed by atoms with van der Waals surface area (Å²) in [7, 11) is 0. The van der Waals surface area contributed by atoms with E-state index < -0.39 is 0 Å².